The van der Waals surface area contributed by atoms with Gasteiger partial charge in [0.15, 0.2) is 6.61 Å². The first-order valence-corrected chi connectivity index (χ1v) is 11.3. The van der Waals surface area contributed by atoms with E-state index in [1.807, 2.05) is 24.3 Å². The number of aliphatic hydroxyl groups excluding tert-OH is 1. The molecule has 2 aromatic carbocycles. The van der Waals surface area contributed by atoms with Gasteiger partial charge >= 0.3 is 5.97 Å². The Labute approximate surface area is 210 Å². The molecule has 1 fully saturated rings. The van der Waals surface area contributed by atoms with Crippen molar-refractivity contribution >= 4 is 35.9 Å². The molecular weight excluding hydrogens is 474 g/mol. The molecule has 10 heteroatoms. The largest absolute Gasteiger partial charge is 0.482 e. The van der Waals surface area contributed by atoms with Gasteiger partial charge in [-0.3, -0.25) is 14.5 Å². The molecule has 2 atom stereocenters. The predicted octanol–water partition coefficient (Wildman–Crippen LogP) is 1.88. The molecule has 0 saturated carbocycles. The minimum atomic E-state index is -1.06. The molecule has 0 bridgehead atoms. The molecule has 9 nitrogen and oxygen atoms in total. The second-order valence-corrected chi connectivity index (χ2v) is 8.87. The minimum Gasteiger partial charge on any atom is -0.482 e. The van der Waals surface area contributed by atoms with Gasteiger partial charge in [0.1, 0.15) is 5.75 Å². The van der Waals surface area contributed by atoms with Crippen LogP contribution in [0, 0.1) is 0 Å². The summed E-state index contributed by atoms with van der Waals surface area (Å²) in [6.07, 6.45) is 0.836. The second kappa shape index (κ2) is 11.5. The maximum atomic E-state index is 13.3. The molecule has 2 aliphatic heterocycles. The summed E-state index contributed by atoms with van der Waals surface area (Å²) in [7, 11) is 1.75. The lowest BCUT2D eigenvalue weighted by molar-refractivity contribution is -0.139. The highest BCUT2D eigenvalue weighted by atomic mass is 35.5. The van der Waals surface area contributed by atoms with Gasteiger partial charge in [0.2, 0.25) is 11.8 Å². The van der Waals surface area contributed by atoms with Crippen LogP contribution >= 0.6 is 12.4 Å². The third-order valence-electron chi connectivity index (χ3n) is 6.30. The van der Waals surface area contributed by atoms with E-state index in [-0.39, 0.29) is 42.8 Å². The molecule has 0 radical (unpaired) electrons. The average molecular weight is 504 g/mol. The zero-order valence-electron chi connectivity index (χ0n) is 19.5. The van der Waals surface area contributed by atoms with Crippen LogP contribution in [-0.4, -0.2) is 77.2 Å². The Morgan fingerprint density at radius 3 is 2.77 bits per heavy atom. The third-order valence-corrected chi connectivity index (χ3v) is 6.30. The number of aliphatic hydroxyl groups is 1. The smallest absolute Gasteiger partial charge is 0.341 e. The molecule has 2 aliphatic rings. The number of carbonyl (C=O) groups excluding carboxylic acids is 2. The summed E-state index contributed by atoms with van der Waals surface area (Å²) in [6, 6.07) is 12.4. The second-order valence-electron chi connectivity index (χ2n) is 8.87. The van der Waals surface area contributed by atoms with Crippen LogP contribution in [0.25, 0.3) is 0 Å². The number of nitrogens with one attached hydrogen (secondary N) is 1. The number of carboxylic acids is 1. The Bertz CT molecular complexity index is 1090. The fraction of sp³-hybridized carbons (Fsp3) is 0.400. The number of fused-ring (bicyclic) bond motifs is 1. The van der Waals surface area contributed by atoms with E-state index >= 15 is 0 Å². The number of halogens is 1. The number of carboxylic acid groups (broad SMARTS) is 1. The molecule has 188 valence electrons. The van der Waals surface area contributed by atoms with Gasteiger partial charge in [-0.1, -0.05) is 24.3 Å². The molecular formula is C25H30ClN3O6. The van der Waals surface area contributed by atoms with Crippen LogP contribution in [0.2, 0.25) is 0 Å². The van der Waals surface area contributed by atoms with Crippen molar-refractivity contribution in [3.05, 3.63) is 59.2 Å². The maximum absolute atomic E-state index is 13.3. The van der Waals surface area contributed by atoms with E-state index in [0.717, 1.165) is 28.9 Å². The number of benzene rings is 2. The highest BCUT2D eigenvalue weighted by molar-refractivity contribution is 5.99. The first-order valence-electron chi connectivity index (χ1n) is 11.3. The number of anilines is 1. The molecule has 2 aromatic rings. The summed E-state index contributed by atoms with van der Waals surface area (Å²) in [4.78, 5) is 39.6. The van der Waals surface area contributed by atoms with Gasteiger partial charge in [-0.15, -0.1) is 12.4 Å². The van der Waals surface area contributed by atoms with Crippen LogP contribution in [0.15, 0.2) is 42.5 Å². The third kappa shape index (κ3) is 6.72. The zero-order valence-corrected chi connectivity index (χ0v) is 20.3. The molecule has 0 spiro atoms. The van der Waals surface area contributed by atoms with Gasteiger partial charge in [0.25, 0.3) is 0 Å². The average Bonchev–Trinajstić information content (AvgIpc) is 3.39. The summed E-state index contributed by atoms with van der Waals surface area (Å²) >= 11 is 0. The quantitative estimate of drug-likeness (QED) is 0.478. The fourth-order valence-electron chi connectivity index (χ4n) is 4.48. The van der Waals surface area contributed by atoms with Crippen molar-refractivity contribution in [2.45, 2.75) is 31.4 Å². The van der Waals surface area contributed by atoms with Gasteiger partial charge in [-0.2, -0.15) is 0 Å². The van der Waals surface area contributed by atoms with Crippen LogP contribution in [0.5, 0.6) is 5.75 Å². The molecule has 1 saturated heterocycles. The first-order chi connectivity index (χ1) is 16.3. The number of hydrogen-bond acceptors (Lipinski definition) is 6. The standard InChI is InChI=1S/C25H29N3O6.ClH/c1-27(24(31)10-16-5-6-17-12-23(30)26-21(17)9-16)22(14-28-8-7-19(29)13-28)18-3-2-4-20(11-18)34-15-25(32)33;/h2-6,9,11,19,22,29H,7-8,10,12-15H2,1H3,(H,26,30)(H,32,33);1H. The van der Waals surface area contributed by atoms with Crippen LogP contribution in [0.1, 0.15) is 29.2 Å². The van der Waals surface area contributed by atoms with Gasteiger partial charge < -0.3 is 25.2 Å². The maximum Gasteiger partial charge on any atom is 0.341 e. The molecule has 35 heavy (non-hydrogen) atoms. The van der Waals surface area contributed by atoms with Crippen molar-refractivity contribution in [3.63, 3.8) is 0 Å². The SMILES string of the molecule is CN(C(=O)Cc1ccc2c(c1)NC(=O)C2)C(CN1CCC(O)C1)c1cccc(OCC(=O)O)c1.Cl. The van der Waals surface area contributed by atoms with Crippen molar-refractivity contribution in [1.29, 1.82) is 0 Å². The highest BCUT2D eigenvalue weighted by Gasteiger charge is 2.29. The lowest BCUT2D eigenvalue weighted by atomic mass is 10.0. The van der Waals surface area contributed by atoms with E-state index in [1.54, 1.807) is 30.1 Å². The van der Waals surface area contributed by atoms with Crippen molar-refractivity contribution in [2.24, 2.45) is 0 Å². The number of β-amino-alcohol motifs (C(OH)–C–C–N with tert-alkyl or cyclic N) is 1. The van der Waals surface area contributed by atoms with Gasteiger partial charge in [-0.05, 0) is 41.3 Å². The summed E-state index contributed by atoms with van der Waals surface area (Å²) in [5.74, 6) is -0.785. The van der Waals surface area contributed by atoms with Crippen molar-refractivity contribution in [3.8, 4) is 5.75 Å². The van der Waals surface area contributed by atoms with Gasteiger partial charge in [0, 0.05) is 32.4 Å². The Hall–Kier alpha value is -3.14. The van der Waals surface area contributed by atoms with E-state index in [1.165, 1.54) is 0 Å². The summed E-state index contributed by atoms with van der Waals surface area (Å²) in [6.45, 7) is 1.36. The highest BCUT2D eigenvalue weighted by Crippen LogP contribution is 2.28. The van der Waals surface area contributed by atoms with Crippen molar-refractivity contribution in [2.75, 3.05) is 38.6 Å². The summed E-state index contributed by atoms with van der Waals surface area (Å²) in [5.41, 5.74) is 3.31. The molecule has 2 unspecified atom stereocenters. The number of carbonyl (C=O) groups is 3. The normalized spacial score (nSPS) is 17.8. The number of likely N-dealkylation sites (tertiary alicyclic amines) is 1. The molecule has 4 rings (SSSR count). The number of aliphatic carboxylic acids is 1. The van der Waals surface area contributed by atoms with Crippen LogP contribution in [0.3, 0.4) is 0 Å². The first kappa shape index (κ1) is 26.5. The van der Waals surface area contributed by atoms with E-state index in [2.05, 4.69) is 10.2 Å². The fourth-order valence-corrected chi connectivity index (χ4v) is 4.48. The van der Waals surface area contributed by atoms with E-state index in [4.69, 9.17) is 9.84 Å². The van der Waals surface area contributed by atoms with Crippen LogP contribution < -0.4 is 10.1 Å². The summed E-state index contributed by atoms with van der Waals surface area (Å²) < 4.78 is 5.34. The lowest BCUT2D eigenvalue weighted by Crippen LogP contribution is -2.39. The number of nitrogens with zero attached hydrogens (tertiary/aromatic N) is 2. The number of likely N-dealkylation sites (N-methyl/N-ethyl adjacent to an activating group) is 1. The predicted molar refractivity (Wildman–Crippen MR) is 132 cm³/mol. The lowest BCUT2D eigenvalue weighted by Gasteiger charge is -2.32. The number of ether oxygens (including phenoxy) is 1. The molecule has 2 amide bonds. The Morgan fingerprint density at radius 1 is 1.26 bits per heavy atom. The van der Waals surface area contributed by atoms with Crippen LogP contribution in [0.4, 0.5) is 5.69 Å². The molecule has 3 N–H and O–H groups in total. The minimum absolute atomic E-state index is 0. The zero-order chi connectivity index (χ0) is 24.2. The molecule has 0 aliphatic carbocycles. The van der Waals surface area contributed by atoms with E-state index in [9.17, 15) is 19.5 Å². The van der Waals surface area contributed by atoms with E-state index in [0.29, 0.717) is 31.7 Å². The topological polar surface area (TPSA) is 119 Å². The van der Waals surface area contributed by atoms with Gasteiger partial charge in [-0.25, -0.2) is 4.79 Å². The Kier molecular flexibility index (Phi) is 8.71. The molecule has 0 aromatic heterocycles. The van der Waals surface area contributed by atoms with E-state index < -0.39 is 12.6 Å². The Balaban J connectivity index is 0.00000342. The molecule has 2 heterocycles. The number of hydrogen-bond donors (Lipinski definition) is 3. The van der Waals surface area contributed by atoms with Crippen molar-refractivity contribution in [1.82, 2.24) is 9.80 Å². The number of amides is 2. The monoisotopic (exact) mass is 503 g/mol. The van der Waals surface area contributed by atoms with Crippen LogP contribution in [-0.2, 0) is 27.2 Å². The van der Waals surface area contributed by atoms with Crippen molar-refractivity contribution < 1.29 is 29.3 Å². The van der Waals surface area contributed by atoms with Gasteiger partial charge in [0.05, 0.1) is 25.0 Å². The number of rotatable bonds is 9. The Morgan fingerprint density at radius 2 is 2.06 bits per heavy atom. The summed E-state index contributed by atoms with van der Waals surface area (Å²) in [5, 5.41) is 21.7.